The van der Waals surface area contributed by atoms with Gasteiger partial charge in [-0.25, -0.2) is 9.78 Å². The van der Waals surface area contributed by atoms with Gasteiger partial charge in [0.1, 0.15) is 6.10 Å². The Labute approximate surface area is 146 Å². The van der Waals surface area contributed by atoms with Gasteiger partial charge >= 0.3 is 6.03 Å². The number of morpholine rings is 1. The monoisotopic (exact) mass is 345 g/mol. The summed E-state index contributed by atoms with van der Waals surface area (Å²) < 4.78 is 5.81. The lowest BCUT2D eigenvalue weighted by Gasteiger charge is -2.33. The van der Waals surface area contributed by atoms with Crippen LogP contribution in [-0.4, -0.2) is 42.2 Å². The molecule has 128 valence electrons. The minimum atomic E-state index is -0.0444. The van der Waals surface area contributed by atoms with Crippen LogP contribution in [0.4, 0.5) is 4.79 Å². The van der Waals surface area contributed by atoms with Crippen LogP contribution in [0.3, 0.4) is 0 Å². The van der Waals surface area contributed by atoms with Crippen LogP contribution in [0.2, 0.25) is 0 Å². The van der Waals surface area contributed by atoms with Crippen molar-refractivity contribution in [1.82, 2.24) is 15.2 Å². The molecule has 24 heavy (non-hydrogen) atoms. The van der Waals surface area contributed by atoms with Crippen LogP contribution < -0.4 is 5.32 Å². The van der Waals surface area contributed by atoms with E-state index >= 15 is 0 Å². The fraction of sp³-hybridized carbons (Fsp3) is 0.444. The number of carbonyl (C=O) groups is 1. The van der Waals surface area contributed by atoms with Crippen LogP contribution >= 0.6 is 11.3 Å². The molecule has 1 aliphatic rings. The minimum Gasteiger partial charge on any atom is -0.370 e. The summed E-state index contributed by atoms with van der Waals surface area (Å²) >= 11 is 1.70. The van der Waals surface area contributed by atoms with E-state index in [9.17, 15) is 4.79 Å². The topological polar surface area (TPSA) is 54.5 Å². The zero-order valence-corrected chi connectivity index (χ0v) is 14.9. The van der Waals surface area contributed by atoms with E-state index in [-0.39, 0.29) is 12.1 Å². The minimum absolute atomic E-state index is 0.0156. The molecule has 6 heteroatoms. The predicted molar refractivity (Wildman–Crippen MR) is 95.4 cm³/mol. The van der Waals surface area contributed by atoms with Crippen molar-refractivity contribution in [2.45, 2.75) is 26.4 Å². The Hall–Kier alpha value is -1.92. The van der Waals surface area contributed by atoms with Gasteiger partial charge in [-0.2, -0.15) is 0 Å². The fourth-order valence-electron chi connectivity index (χ4n) is 2.90. The molecule has 1 saturated heterocycles. The SMILES string of the molecule is Cc1nc(C)c(CCNC(=O)N2CCOC(c3ccccc3)C2)s1. The molecule has 0 spiro atoms. The molecule has 1 unspecified atom stereocenters. The van der Waals surface area contributed by atoms with Crippen molar-refractivity contribution in [3.63, 3.8) is 0 Å². The normalized spacial score (nSPS) is 17.8. The van der Waals surface area contributed by atoms with Gasteiger partial charge in [0.15, 0.2) is 0 Å². The highest BCUT2D eigenvalue weighted by molar-refractivity contribution is 7.11. The van der Waals surface area contributed by atoms with Crippen molar-refractivity contribution >= 4 is 17.4 Å². The molecule has 5 nitrogen and oxygen atoms in total. The Morgan fingerprint density at radius 3 is 2.88 bits per heavy atom. The lowest BCUT2D eigenvalue weighted by atomic mass is 10.1. The smallest absolute Gasteiger partial charge is 0.317 e. The van der Waals surface area contributed by atoms with E-state index in [1.807, 2.05) is 49.1 Å². The molecule has 2 aromatic rings. The molecule has 0 aliphatic carbocycles. The molecule has 1 aromatic heterocycles. The lowest BCUT2D eigenvalue weighted by molar-refractivity contribution is -0.0153. The number of aryl methyl sites for hydroxylation is 2. The van der Waals surface area contributed by atoms with E-state index in [1.165, 1.54) is 4.88 Å². The summed E-state index contributed by atoms with van der Waals surface area (Å²) in [6, 6.07) is 10.0. The number of carbonyl (C=O) groups excluding carboxylic acids is 1. The van der Waals surface area contributed by atoms with Crippen LogP contribution in [0.5, 0.6) is 0 Å². The average molecular weight is 345 g/mol. The number of rotatable bonds is 4. The van der Waals surface area contributed by atoms with E-state index in [0.29, 0.717) is 26.2 Å². The Morgan fingerprint density at radius 1 is 1.38 bits per heavy atom. The van der Waals surface area contributed by atoms with Gasteiger partial charge in [0.05, 0.1) is 23.9 Å². The van der Waals surface area contributed by atoms with Crippen molar-refractivity contribution in [3.05, 3.63) is 51.5 Å². The van der Waals surface area contributed by atoms with Gasteiger partial charge in [-0.05, 0) is 19.4 Å². The van der Waals surface area contributed by atoms with Crippen molar-refractivity contribution in [2.24, 2.45) is 0 Å². The van der Waals surface area contributed by atoms with Gasteiger partial charge < -0.3 is 15.0 Å². The summed E-state index contributed by atoms with van der Waals surface area (Å²) in [6.07, 6.45) is 0.785. The third-order valence-corrected chi connectivity index (χ3v) is 5.29. The van der Waals surface area contributed by atoms with E-state index in [1.54, 1.807) is 11.3 Å². The molecule has 2 amide bonds. The molecule has 2 heterocycles. The third kappa shape index (κ3) is 4.13. The molecular formula is C18H23N3O2S. The summed E-state index contributed by atoms with van der Waals surface area (Å²) in [5.74, 6) is 0. The Balaban J connectivity index is 1.50. The summed E-state index contributed by atoms with van der Waals surface area (Å²) in [6.45, 7) is 6.46. The molecule has 0 bridgehead atoms. The number of nitrogens with one attached hydrogen (secondary N) is 1. The third-order valence-electron chi connectivity index (χ3n) is 4.15. The summed E-state index contributed by atoms with van der Waals surface area (Å²) in [7, 11) is 0. The number of nitrogens with zero attached hydrogens (tertiary/aromatic N) is 2. The molecule has 1 aromatic carbocycles. The molecule has 1 fully saturated rings. The molecule has 0 saturated carbocycles. The first-order valence-corrected chi connectivity index (χ1v) is 9.07. The zero-order chi connectivity index (χ0) is 16.9. The molecule has 0 radical (unpaired) electrons. The maximum Gasteiger partial charge on any atom is 0.317 e. The van der Waals surface area contributed by atoms with Crippen molar-refractivity contribution in [3.8, 4) is 0 Å². The number of hydrogen-bond acceptors (Lipinski definition) is 4. The average Bonchev–Trinajstić information content (AvgIpc) is 2.93. The molecule has 3 rings (SSSR count). The van der Waals surface area contributed by atoms with Gasteiger partial charge in [0, 0.05) is 24.4 Å². The number of aromatic nitrogens is 1. The predicted octanol–water partition coefficient (Wildman–Crippen LogP) is 3.09. The Morgan fingerprint density at radius 2 is 2.17 bits per heavy atom. The molecular weight excluding hydrogens is 322 g/mol. The Bertz CT molecular complexity index is 687. The molecule has 1 atom stereocenters. The summed E-state index contributed by atoms with van der Waals surface area (Å²) in [4.78, 5) is 19.9. The Kier molecular flexibility index (Phi) is 5.48. The van der Waals surface area contributed by atoms with Gasteiger partial charge in [0.2, 0.25) is 0 Å². The second kappa shape index (κ2) is 7.77. The van der Waals surface area contributed by atoms with E-state index in [4.69, 9.17) is 4.74 Å². The first-order valence-electron chi connectivity index (χ1n) is 8.25. The largest absolute Gasteiger partial charge is 0.370 e. The van der Waals surface area contributed by atoms with Crippen molar-refractivity contribution < 1.29 is 9.53 Å². The molecule has 1 aliphatic heterocycles. The van der Waals surface area contributed by atoms with Gasteiger partial charge in [-0.3, -0.25) is 0 Å². The second-order valence-electron chi connectivity index (χ2n) is 5.94. The van der Waals surface area contributed by atoms with Crippen LogP contribution in [0.1, 0.15) is 27.2 Å². The number of urea groups is 1. The number of amides is 2. The van der Waals surface area contributed by atoms with E-state index in [0.717, 1.165) is 22.7 Å². The summed E-state index contributed by atoms with van der Waals surface area (Å²) in [5, 5.41) is 4.10. The molecule has 1 N–H and O–H groups in total. The number of thiazole rings is 1. The lowest BCUT2D eigenvalue weighted by Crippen LogP contribution is -2.47. The van der Waals surface area contributed by atoms with Crippen LogP contribution in [0, 0.1) is 13.8 Å². The fourth-order valence-corrected chi connectivity index (χ4v) is 3.84. The first-order chi connectivity index (χ1) is 11.6. The van der Waals surface area contributed by atoms with Crippen LogP contribution in [-0.2, 0) is 11.2 Å². The van der Waals surface area contributed by atoms with Crippen molar-refractivity contribution in [1.29, 1.82) is 0 Å². The number of ether oxygens (including phenoxy) is 1. The van der Waals surface area contributed by atoms with Gasteiger partial charge in [-0.15, -0.1) is 11.3 Å². The first kappa shape index (κ1) is 16.9. The van der Waals surface area contributed by atoms with Gasteiger partial charge in [0.25, 0.3) is 0 Å². The number of benzene rings is 1. The number of hydrogen-bond donors (Lipinski definition) is 1. The van der Waals surface area contributed by atoms with E-state index in [2.05, 4.69) is 10.3 Å². The highest BCUT2D eigenvalue weighted by Gasteiger charge is 2.25. The standard InChI is InChI=1S/C18H23N3O2S/c1-13-17(24-14(2)20-13)8-9-19-18(22)21-10-11-23-16(12-21)15-6-4-3-5-7-15/h3-7,16H,8-12H2,1-2H3,(H,19,22). The maximum absolute atomic E-state index is 12.4. The highest BCUT2D eigenvalue weighted by Crippen LogP contribution is 2.22. The highest BCUT2D eigenvalue weighted by atomic mass is 32.1. The van der Waals surface area contributed by atoms with Crippen LogP contribution in [0.15, 0.2) is 30.3 Å². The summed E-state index contributed by atoms with van der Waals surface area (Å²) in [5.41, 5.74) is 2.19. The second-order valence-corrected chi connectivity index (χ2v) is 7.23. The zero-order valence-electron chi connectivity index (χ0n) is 14.1. The van der Waals surface area contributed by atoms with Gasteiger partial charge in [-0.1, -0.05) is 30.3 Å². The van der Waals surface area contributed by atoms with Crippen LogP contribution in [0.25, 0.3) is 0 Å². The van der Waals surface area contributed by atoms with E-state index < -0.39 is 0 Å². The quantitative estimate of drug-likeness (QED) is 0.926. The van der Waals surface area contributed by atoms with Crippen molar-refractivity contribution in [2.75, 3.05) is 26.2 Å². The maximum atomic E-state index is 12.4.